The van der Waals surface area contributed by atoms with Crippen LogP contribution >= 0.6 is 0 Å². The van der Waals surface area contributed by atoms with Gasteiger partial charge in [-0.2, -0.15) is 0 Å². The Balaban J connectivity index is 2.13. The van der Waals surface area contributed by atoms with Gasteiger partial charge in [-0.3, -0.25) is 0 Å². The van der Waals surface area contributed by atoms with Crippen LogP contribution in [-0.2, 0) is 0 Å². The Hall–Kier alpha value is -1.96. The highest BCUT2D eigenvalue weighted by atomic mass is 15.1. The Kier molecular flexibility index (Phi) is 4.33. The molecule has 106 valence electrons. The van der Waals surface area contributed by atoms with Crippen molar-refractivity contribution in [1.29, 1.82) is 0 Å². The zero-order chi connectivity index (χ0) is 14.7. The summed E-state index contributed by atoms with van der Waals surface area (Å²) in [7, 11) is 4.12. The molecule has 0 heterocycles. The summed E-state index contributed by atoms with van der Waals surface area (Å²) in [5, 5.41) is 3.57. The molecule has 0 saturated heterocycles. The van der Waals surface area contributed by atoms with Gasteiger partial charge in [-0.15, -0.1) is 0 Å². The normalized spacial score (nSPS) is 12.1. The molecule has 0 aliphatic carbocycles. The lowest BCUT2D eigenvalue weighted by Gasteiger charge is -2.18. The van der Waals surface area contributed by atoms with Crippen molar-refractivity contribution in [1.82, 2.24) is 0 Å². The van der Waals surface area contributed by atoms with Gasteiger partial charge in [0.05, 0.1) is 0 Å². The SMILES string of the molecule is Cc1cc(C)cc(NC(C)c2ccc(N(C)C)cc2)c1. The van der Waals surface area contributed by atoms with Crippen molar-refractivity contribution in [3.05, 3.63) is 59.2 Å². The third kappa shape index (κ3) is 3.53. The summed E-state index contributed by atoms with van der Waals surface area (Å²) in [6.45, 7) is 6.46. The van der Waals surface area contributed by atoms with Gasteiger partial charge in [0, 0.05) is 31.5 Å². The van der Waals surface area contributed by atoms with E-state index in [1.807, 2.05) is 0 Å². The minimum atomic E-state index is 0.299. The first-order valence-corrected chi connectivity index (χ1v) is 7.08. The molecule has 0 aromatic heterocycles. The molecule has 0 aliphatic rings. The molecule has 0 spiro atoms. The number of anilines is 2. The molecular weight excluding hydrogens is 244 g/mol. The fraction of sp³-hybridized carbons (Fsp3) is 0.333. The van der Waals surface area contributed by atoms with Crippen LogP contribution in [0.3, 0.4) is 0 Å². The smallest absolute Gasteiger partial charge is 0.0485 e. The first-order chi connectivity index (χ1) is 9.45. The van der Waals surface area contributed by atoms with Crippen LogP contribution in [0.4, 0.5) is 11.4 Å². The van der Waals surface area contributed by atoms with E-state index in [4.69, 9.17) is 0 Å². The largest absolute Gasteiger partial charge is 0.379 e. The van der Waals surface area contributed by atoms with E-state index in [0.717, 1.165) is 0 Å². The van der Waals surface area contributed by atoms with E-state index in [0.29, 0.717) is 6.04 Å². The van der Waals surface area contributed by atoms with Gasteiger partial charge in [0.1, 0.15) is 0 Å². The highest BCUT2D eigenvalue weighted by molar-refractivity contribution is 5.51. The summed E-state index contributed by atoms with van der Waals surface area (Å²) in [6.07, 6.45) is 0. The number of nitrogens with one attached hydrogen (secondary N) is 1. The van der Waals surface area contributed by atoms with Gasteiger partial charge in [0.25, 0.3) is 0 Å². The molecular formula is C18H24N2. The van der Waals surface area contributed by atoms with Gasteiger partial charge < -0.3 is 10.2 Å². The number of hydrogen-bond donors (Lipinski definition) is 1. The van der Waals surface area contributed by atoms with Crippen molar-refractivity contribution in [2.24, 2.45) is 0 Å². The van der Waals surface area contributed by atoms with Crippen LogP contribution < -0.4 is 10.2 Å². The van der Waals surface area contributed by atoms with Crippen LogP contribution in [0.15, 0.2) is 42.5 Å². The second-order valence-corrected chi connectivity index (χ2v) is 5.73. The van der Waals surface area contributed by atoms with Gasteiger partial charge in [0.15, 0.2) is 0 Å². The fourth-order valence-electron chi connectivity index (χ4n) is 2.45. The minimum Gasteiger partial charge on any atom is -0.379 e. The van der Waals surface area contributed by atoms with Crippen molar-refractivity contribution in [3.63, 3.8) is 0 Å². The lowest BCUT2D eigenvalue weighted by atomic mass is 10.1. The molecule has 2 heteroatoms. The average Bonchev–Trinajstić information content (AvgIpc) is 2.37. The molecule has 0 bridgehead atoms. The molecule has 0 amide bonds. The number of aryl methyl sites for hydroxylation is 2. The van der Waals surface area contributed by atoms with E-state index in [2.05, 4.69) is 87.5 Å². The second-order valence-electron chi connectivity index (χ2n) is 5.73. The van der Waals surface area contributed by atoms with Crippen LogP contribution in [0.5, 0.6) is 0 Å². The molecule has 1 unspecified atom stereocenters. The number of rotatable bonds is 4. The fourth-order valence-corrected chi connectivity index (χ4v) is 2.45. The molecule has 0 radical (unpaired) electrons. The second kappa shape index (κ2) is 6.00. The predicted octanol–water partition coefficient (Wildman–Crippen LogP) is 4.54. The maximum Gasteiger partial charge on any atom is 0.0485 e. The molecule has 0 fully saturated rings. The Bertz CT molecular complexity index is 550. The lowest BCUT2D eigenvalue weighted by molar-refractivity contribution is 0.883. The summed E-state index contributed by atoms with van der Waals surface area (Å²) in [5.41, 5.74) is 6.30. The maximum atomic E-state index is 3.57. The molecule has 2 aromatic carbocycles. The van der Waals surface area contributed by atoms with Crippen molar-refractivity contribution >= 4 is 11.4 Å². The lowest BCUT2D eigenvalue weighted by Crippen LogP contribution is -2.10. The first kappa shape index (κ1) is 14.4. The van der Waals surface area contributed by atoms with Crippen LogP contribution in [0.1, 0.15) is 29.7 Å². The summed E-state index contributed by atoms with van der Waals surface area (Å²) in [5.74, 6) is 0. The van der Waals surface area contributed by atoms with Crippen LogP contribution in [0, 0.1) is 13.8 Å². The van der Waals surface area contributed by atoms with Crippen LogP contribution in [0.25, 0.3) is 0 Å². The maximum absolute atomic E-state index is 3.57. The summed E-state index contributed by atoms with van der Waals surface area (Å²) >= 11 is 0. The first-order valence-electron chi connectivity index (χ1n) is 7.08. The van der Waals surface area contributed by atoms with Crippen molar-refractivity contribution in [2.75, 3.05) is 24.3 Å². The Labute approximate surface area is 122 Å². The third-order valence-corrected chi connectivity index (χ3v) is 3.51. The topological polar surface area (TPSA) is 15.3 Å². The highest BCUT2D eigenvalue weighted by Crippen LogP contribution is 2.23. The van der Waals surface area contributed by atoms with E-state index in [-0.39, 0.29) is 0 Å². The Morgan fingerprint density at radius 3 is 1.95 bits per heavy atom. The molecule has 0 aliphatic heterocycles. The summed E-state index contributed by atoms with van der Waals surface area (Å²) in [6, 6.07) is 15.6. The van der Waals surface area contributed by atoms with Crippen LogP contribution in [0.2, 0.25) is 0 Å². The number of hydrogen-bond acceptors (Lipinski definition) is 2. The van der Waals surface area contributed by atoms with Gasteiger partial charge in [-0.25, -0.2) is 0 Å². The predicted molar refractivity (Wildman–Crippen MR) is 88.7 cm³/mol. The molecule has 2 aromatic rings. The zero-order valence-corrected chi connectivity index (χ0v) is 13.1. The van der Waals surface area contributed by atoms with Crippen molar-refractivity contribution < 1.29 is 0 Å². The highest BCUT2D eigenvalue weighted by Gasteiger charge is 2.06. The quantitative estimate of drug-likeness (QED) is 0.875. The van der Waals surface area contributed by atoms with E-state index in [1.165, 1.54) is 28.1 Å². The summed E-state index contributed by atoms with van der Waals surface area (Å²) < 4.78 is 0. The summed E-state index contributed by atoms with van der Waals surface area (Å²) in [4.78, 5) is 2.12. The average molecular weight is 268 g/mol. The van der Waals surface area contributed by atoms with E-state index in [9.17, 15) is 0 Å². The Morgan fingerprint density at radius 1 is 0.900 bits per heavy atom. The van der Waals surface area contributed by atoms with Crippen molar-refractivity contribution in [3.8, 4) is 0 Å². The molecule has 1 atom stereocenters. The van der Waals surface area contributed by atoms with Gasteiger partial charge >= 0.3 is 0 Å². The zero-order valence-electron chi connectivity index (χ0n) is 13.1. The van der Waals surface area contributed by atoms with E-state index < -0.39 is 0 Å². The molecule has 2 rings (SSSR count). The molecule has 1 N–H and O–H groups in total. The standard InChI is InChI=1S/C18H24N2/c1-13-10-14(2)12-17(11-13)19-15(3)16-6-8-18(9-7-16)20(4)5/h6-12,15,19H,1-5H3. The van der Waals surface area contributed by atoms with Gasteiger partial charge in [-0.1, -0.05) is 18.2 Å². The third-order valence-electron chi connectivity index (χ3n) is 3.51. The van der Waals surface area contributed by atoms with Gasteiger partial charge in [0.2, 0.25) is 0 Å². The van der Waals surface area contributed by atoms with Gasteiger partial charge in [-0.05, 0) is 61.7 Å². The Morgan fingerprint density at radius 2 is 1.45 bits per heavy atom. The minimum absolute atomic E-state index is 0.299. The number of nitrogens with zero attached hydrogens (tertiary/aromatic N) is 1. The van der Waals surface area contributed by atoms with E-state index in [1.54, 1.807) is 0 Å². The monoisotopic (exact) mass is 268 g/mol. The molecule has 2 nitrogen and oxygen atoms in total. The molecule has 20 heavy (non-hydrogen) atoms. The van der Waals surface area contributed by atoms with Crippen LogP contribution in [-0.4, -0.2) is 14.1 Å². The van der Waals surface area contributed by atoms with Crippen molar-refractivity contribution in [2.45, 2.75) is 26.8 Å². The number of benzene rings is 2. The van der Waals surface area contributed by atoms with E-state index >= 15 is 0 Å². The molecule has 0 saturated carbocycles.